The number of nitrogens with two attached hydrogens (primary N) is 1. The first-order valence-corrected chi connectivity index (χ1v) is 40.0. The highest BCUT2D eigenvalue weighted by molar-refractivity contribution is 7.90. The number of amides is 7. The first-order valence-electron chi connectivity index (χ1n) is 38.5. The summed E-state index contributed by atoms with van der Waals surface area (Å²) >= 11 is 0. The van der Waals surface area contributed by atoms with E-state index in [0.29, 0.717) is 88.4 Å². The van der Waals surface area contributed by atoms with Crippen molar-refractivity contribution in [2.75, 3.05) is 53.0 Å². The molecular formula is C83H100N12O17S. The van der Waals surface area contributed by atoms with Gasteiger partial charge in [0.05, 0.1) is 36.7 Å². The molecule has 6 aliphatic rings. The molecule has 1 saturated carbocycles. The Kier molecular flexibility index (Phi) is 25.2. The number of guanidine groups is 1. The minimum atomic E-state index is -4.28. The van der Waals surface area contributed by atoms with Crippen molar-refractivity contribution < 1.29 is 79.9 Å². The van der Waals surface area contributed by atoms with Crippen molar-refractivity contribution in [3.05, 3.63) is 165 Å². The van der Waals surface area contributed by atoms with Gasteiger partial charge < -0.3 is 81.0 Å². The summed E-state index contributed by atoms with van der Waals surface area (Å²) < 4.78 is 72.8. The van der Waals surface area contributed by atoms with E-state index in [1.807, 2.05) is 44.2 Å². The zero-order valence-corrected chi connectivity index (χ0v) is 65.5. The molecule has 29 nitrogen and oxygen atoms in total. The maximum Gasteiger partial charge on any atom is 0.415 e. The molecule has 0 aromatic heterocycles. The summed E-state index contributed by atoms with van der Waals surface area (Å²) in [5.41, 5.74) is 11.1. The molecule has 600 valence electrons. The molecule has 3 aliphatic heterocycles. The average molecular weight is 1570 g/mol. The van der Waals surface area contributed by atoms with Crippen LogP contribution in [-0.4, -0.2) is 156 Å². The Bertz CT molecular complexity index is 4820. The first kappa shape index (κ1) is 81.1. The van der Waals surface area contributed by atoms with E-state index in [-0.39, 0.29) is 106 Å². The number of allylic oxidation sites excluding steroid dienone is 1. The van der Waals surface area contributed by atoms with Gasteiger partial charge in [-0.15, -0.1) is 0 Å². The second-order valence-corrected chi connectivity index (χ2v) is 32.1. The molecule has 30 heteroatoms. The number of methoxy groups -OCH3 is 1. The van der Waals surface area contributed by atoms with Crippen LogP contribution in [0.4, 0.5) is 9.59 Å². The number of nitrogens with one attached hydrogen (secondary N) is 10. The number of nitrogens with zero attached hydrogens (tertiary/aromatic N) is 1. The molecule has 8 atom stereocenters. The minimum Gasteiger partial charge on any atom is -0.493 e. The van der Waals surface area contributed by atoms with Crippen LogP contribution in [0.25, 0.3) is 10.8 Å². The number of carbonyl (C=O) groups is 8. The van der Waals surface area contributed by atoms with E-state index in [1.165, 1.54) is 17.4 Å². The number of amidine groups is 1. The quantitative estimate of drug-likeness (QED) is 0.00641. The molecule has 6 aromatic rings. The Morgan fingerprint density at radius 3 is 2.22 bits per heavy atom. The van der Waals surface area contributed by atoms with Crippen molar-refractivity contribution >= 4 is 80.3 Å². The fourth-order valence-corrected chi connectivity index (χ4v) is 18.3. The van der Waals surface area contributed by atoms with Gasteiger partial charge in [-0.25, -0.2) is 27.5 Å². The third-order valence-corrected chi connectivity index (χ3v) is 24.0. The number of hydrogen-bond acceptors (Lipinski definition) is 19. The second kappa shape index (κ2) is 35.1. The summed E-state index contributed by atoms with van der Waals surface area (Å²) in [7, 11) is -2.67. The van der Waals surface area contributed by atoms with E-state index < -0.39 is 105 Å². The SMILES string of the molecule is COc1ccc2c3c1O[C@H]1C(OC(=O)N4CCC(C(=O)NCCCC[C@H](NC(=O)OCc5ccccc5)C(=O)NCCOc5ccc(C(=O)Oc6ccc7cc(C(=N)N)ccc7c6)cc5)CC4CNC(=O)[C@@H](CCCNC(=N)NS(=O)(=O)c4c(C)c(C)c5c(c4C)CC(C)(C)O5)NC(=O)CNC(C)=O)=CC[C@H]4[C@H](CCC[C@]314)C2. The fourth-order valence-electron chi connectivity index (χ4n) is 16.8. The molecule has 113 heavy (non-hydrogen) atoms. The molecule has 1 saturated heterocycles. The summed E-state index contributed by atoms with van der Waals surface area (Å²) in [6, 6.07) is 26.7. The third-order valence-electron chi connectivity index (χ3n) is 22.4. The summed E-state index contributed by atoms with van der Waals surface area (Å²) in [5.74, 6) is -0.798. The lowest BCUT2D eigenvalue weighted by Crippen LogP contribution is -2.57. The zero-order valence-electron chi connectivity index (χ0n) is 64.7. The zero-order chi connectivity index (χ0) is 80.5. The maximum atomic E-state index is 15.0. The predicted octanol–water partition coefficient (Wildman–Crippen LogP) is 8.26. The molecule has 0 radical (unpaired) electrons. The van der Waals surface area contributed by atoms with Crippen molar-refractivity contribution in [1.29, 1.82) is 10.8 Å². The molecule has 12 N–H and O–H groups in total. The van der Waals surface area contributed by atoms with Crippen molar-refractivity contribution in [3.63, 3.8) is 0 Å². The number of esters is 1. The number of piperidine rings is 1. The summed E-state index contributed by atoms with van der Waals surface area (Å²) in [5, 5.41) is 37.4. The number of hydrogen-bond donors (Lipinski definition) is 11. The molecule has 6 aromatic carbocycles. The van der Waals surface area contributed by atoms with Gasteiger partial charge in [0.25, 0.3) is 10.0 Å². The van der Waals surface area contributed by atoms with E-state index in [9.17, 15) is 42.0 Å². The van der Waals surface area contributed by atoms with Crippen molar-refractivity contribution in [1.82, 2.24) is 46.8 Å². The van der Waals surface area contributed by atoms with Gasteiger partial charge in [-0.1, -0.05) is 61.0 Å². The number of alkyl carbamates (subject to hydrolysis) is 1. The lowest BCUT2D eigenvalue weighted by Gasteiger charge is -2.53. The average Bonchev–Trinajstić information content (AvgIpc) is 1.54. The van der Waals surface area contributed by atoms with Crippen LogP contribution in [0.15, 0.2) is 120 Å². The Morgan fingerprint density at radius 1 is 0.743 bits per heavy atom. The third kappa shape index (κ3) is 18.7. The second-order valence-electron chi connectivity index (χ2n) is 30.5. The van der Waals surface area contributed by atoms with Crippen LogP contribution in [0.3, 0.4) is 0 Å². The lowest BCUT2D eigenvalue weighted by molar-refractivity contribution is -0.130. The van der Waals surface area contributed by atoms with Gasteiger partial charge >= 0.3 is 18.2 Å². The topological polar surface area (TPSA) is 409 Å². The summed E-state index contributed by atoms with van der Waals surface area (Å²) in [6.45, 7) is 9.88. The van der Waals surface area contributed by atoms with E-state index in [0.717, 1.165) is 53.1 Å². The molecule has 1 spiro atoms. The summed E-state index contributed by atoms with van der Waals surface area (Å²) in [4.78, 5) is 111. The van der Waals surface area contributed by atoms with Gasteiger partial charge in [0.15, 0.2) is 17.6 Å². The Labute approximate surface area is 656 Å². The van der Waals surface area contributed by atoms with Crippen molar-refractivity contribution in [2.45, 2.75) is 172 Å². The van der Waals surface area contributed by atoms with Gasteiger partial charge in [-0.3, -0.25) is 34.8 Å². The normalized spacial score (nSPS) is 19.8. The van der Waals surface area contributed by atoms with Gasteiger partial charge in [-0.05, 0) is 210 Å². The number of rotatable bonds is 31. The molecule has 2 fully saturated rings. The van der Waals surface area contributed by atoms with Crippen molar-refractivity contribution in [2.24, 2.45) is 23.5 Å². The number of fused-ring (bicyclic) bond motifs is 2. The Morgan fingerprint density at radius 2 is 1.46 bits per heavy atom. The monoisotopic (exact) mass is 1570 g/mol. The largest absolute Gasteiger partial charge is 0.493 e. The van der Waals surface area contributed by atoms with Crippen LogP contribution >= 0.6 is 0 Å². The number of carbonyl (C=O) groups excluding carboxylic acids is 8. The van der Waals surface area contributed by atoms with Gasteiger partial charge in [0.1, 0.15) is 59.7 Å². The molecule has 3 heterocycles. The van der Waals surface area contributed by atoms with E-state index >= 15 is 4.79 Å². The minimum absolute atomic E-state index is 0.0184. The maximum absolute atomic E-state index is 15.0. The van der Waals surface area contributed by atoms with Gasteiger partial charge in [0.2, 0.25) is 35.5 Å². The number of sulfonamides is 1. The smallest absolute Gasteiger partial charge is 0.415 e. The standard InChI is InChI=1S/C83H100N12O17S/c1-47-48(2)72(49(3)62-43-82(5,6)112-70(47)62)113(104,105)94-79(86)89-35-14-19-64(92-68(97)45-90-50(4)96)77(100)91-44-59-41-58(32-37-95(59)81(103)110-67-31-29-63-55-17-13-33-83(63)69-56(40-55)25-30-66(106-7)71(69)111-73(67)83)75(98)87-34-12-11-18-65(93-80(102)108-46-51-15-9-8-10-16-51)76(99)88-36-38-107-60-26-22-52(23-27-60)78(101)109-61-28-24-53-39-57(74(84)85)21-20-54(53)42-61/h8-10,15-16,20-28,30-31,39,42,55,58-59,63-65,73H,11-14,17-19,29,32-38,40-41,43-46H2,1-7H3,(H3,84,85)(H,87,98)(H,88,99)(H,90,96)(H,91,100)(H,92,97)(H,93,102)(H3,86,89,94)/t55-,58?,59?,63+,64-,65+,73+,83+/m1/s1. The van der Waals surface area contributed by atoms with E-state index in [4.69, 9.17) is 49.7 Å². The Balaban J connectivity index is 0.678. The number of ether oxygens (including phenoxy) is 7. The lowest BCUT2D eigenvalue weighted by atomic mass is 9.49. The van der Waals surface area contributed by atoms with Gasteiger partial charge in [0, 0.05) is 67.5 Å². The highest BCUT2D eigenvalue weighted by Gasteiger charge is 2.64. The highest BCUT2D eigenvalue weighted by Crippen LogP contribution is 2.66. The Hall–Kier alpha value is -11.4. The number of benzene rings is 6. The molecular weight excluding hydrogens is 1470 g/mol. The van der Waals surface area contributed by atoms with Crippen LogP contribution in [0.5, 0.6) is 28.7 Å². The van der Waals surface area contributed by atoms with E-state index in [2.05, 4.69) is 48.0 Å². The molecule has 3 aliphatic carbocycles. The fraction of sp³-hybridized carbons (Fsp3) is 0.446. The highest BCUT2D eigenvalue weighted by atomic mass is 32.2. The van der Waals surface area contributed by atoms with Crippen molar-refractivity contribution in [3.8, 4) is 28.7 Å². The molecule has 12 rings (SSSR count). The summed E-state index contributed by atoms with van der Waals surface area (Å²) in [6.07, 6.45) is 6.03. The van der Waals surface area contributed by atoms with Crippen LogP contribution in [0.1, 0.15) is 146 Å². The molecule has 2 unspecified atom stereocenters. The van der Waals surface area contributed by atoms with Crippen LogP contribution in [0.2, 0.25) is 0 Å². The molecule has 7 amide bonds. The van der Waals surface area contributed by atoms with Crippen LogP contribution in [-0.2, 0) is 68.3 Å². The number of nitrogen functional groups attached to an aromatic ring is 1. The van der Waals surface area contributed by atoms with Crippen LogP contribution < -0.4 is 71.4 Å². The first-order chi connectivity index (χ1) is 54.1. The van der Waals surface area contributed by atoms with E-state index in [1.54, 1.807) is 101 Å². The predicted molar refractivity (Wildman–Crippen MR) is 419 cm³/mol. The number of unbranched alkanes of at least 4 members (excludes halogenated alkanes) is 1. The van der Waals surface area contributed by atoms with Crippen LogP contribution in [0, 0.1) is 49.3 Å². The number of likely N-dealkylation sites (tertiary alicyclic amines) is 1. The molecule has 2 bridgehead atoms. The van der Waals surface area contributed by atoms with Gasteiger partial charge in [-0.2, -0.15) is 0 Å².